The van der Waals surface area contributed by atoms with E-state index < -0.39 is 12.1 Å². The monoisotopic (exact) mass is 297 g/mol. The smallest absolute Gasteiger partial charge is 0.269 e. The number of hydrogen-bond acceptors (Lipinski definition) is 3. The number of halogens is 1. The van der Waals surface area contributed by atoms with Gasteiger partial charge in [-0.3, -0.25) is 0 Å². The number of ether oxygens (including phenoxy) is 2. The standard InChI is InChI=1S/C16H12FN3O2/c17-14-9-12(11-4-2-1-3-5-11)8-13(10-19-20-18)15(14)16-21-6-7-22-16/h1-9,16H,10H2. The molecule has 0 bridgehead atoms. The number of azide groups is 1. The van der Waals surface area contributed by atoms with Gasteiger partial charge in [0.1, 0.15) is 18.3 Å². The fraction of sp³-hybridized carbons (Fsp3) is 0.125. The fourth-order valence-corrected chi connectivity index (χ4v) is 2.35. The van der Waals surface area contributed by atoms with Crippen LogP contribution in [0.4, 0.5) is 4.39 Å². The van der Waals surface area contributed by atoms with Crippen LogP contribution in [0.25, 0.3) is 21.6 Å². The van der Waals surface area contributed by atoms with Crippen molar-refractivity contribution < 1.29 is 13.9 Å². The second-order valence-corrected chi connectivity index (χ2v) is 4.66. The average Bonchev–Trinajstić information content (AvgIpc) is 3.07. The van der Waals surface area contributed by atoms with Gasteiger partial charge in [0, 0.05) is 4.91 Å². The lowest BCUT2D eigenvalue weighted by atomic mass is 9.98. The molecule has 0 aliphatic carbocycles. The van der Waals surface area contributed by atoms with Gasteiger partial charge in [-0.05, 0) is 28.3 Å². The minimum atomic E-state index is -0.853. The van der Waals surface area contributed by atoms with E-state index >= 15 is 0 Å². The van der Waals surface area contributed by atoms with Crippen LogP contribution in [-0.2, 0) is 16.0 Å². The molecule has 0 N–H and O–H groups in total. The number of nitrogens with zero attached hydrogens (tertiary/aromatic N) is 3. The van der Waals surface area contributed by atoms with Crippen molar-refractivity contribution >= 4 is 0 Å². The van der Waals surface area contributed by atoms with E-state index in [1.807, 2.05) is 30.3 Å². The molecular formula is C16H12FN3O2. The summed E-state index contributed by atoms with van der Waals surface area (Å²) in [5.74, 6) is -0.460. The summed E-state index contributed by atoms with van der Waals surface area (Å²) in [5.41, 5.74) is 10.9. The first kappa shape index (κ1) is 14.0. The first-order valence-electron chi connectivity index (χ1n) is 6.64. The second kappa shape index (κ2) is 6.20. The molecule has 0 aromatic heterocycles. The van der Waals surface area contributed by atoms with Crippen LogP contribution in [0.15, 0.2) is 60.1 Å². The minimum absolute atomic E-state index is 0.0205. The predicted molar refractivity (Wildman–Crippen MR) is 78.7 cm³/mol. The van der Waals surface area contributed by atoms with Crippen molar-refractivity contribution in [3.63, 3.8) is 0 Å². The summed E-state index contributed by atoms with van der Waals surface area (Å²) in [6, 6.07) is 12.6. The third-order valence-corrected chi connectivity index (χ3v) is 3.32. The average molecular weight is 297 g/mol. The summed E-state index contributed by atoms with van der Waals surface area (Å²) < 4.78 is 25.0. The van der Waals surface area contributed by atoms with E-state index in [0.29, 0.717) is 11.1 Å². The third-order valence-electron chi connectivity index (χ3n) is 3.32. The molecule has 0 saturated heterocycles. The van der Waals surface area contributed by atoms with E-state index in [9.17, 15) is 4.39 Å². The Labute approximate surface area is 126 Å². The number of rotatable bonds is 4. The normalized spacial score (nSPS) is 13.3. The lowest BCUT2D eigenvalue weighted by molar-refractivity contribution is -0.0277. The Hall–Kier alpha value is -2.98. The Bertz CT molecular complexity index is 747. The highest BCUT2D eigenvalue weighted by Gasteiger charge is 2.24. The summed E-state index contributed by atoms with van der Waals surface area (Å²) in [6.07, 6.45) is 1.85. The molecule has 0 amide bonds. The Morgan fingerprint density at radius 2 is 1.82 bits per heavy atom. The second-order valence-electron chi connectivity index (χ2n) is 4.66. The molecule has 110 valence electrons. The molecule has 0 radical (unpaired) electrons. The molecule has 0 atom stereocenters. The zero-order chi connectivity index (χ0) is 15.4. The summed E-state index contributed by atoms with van der Waals surface area (Å²) in [7, 11) is 0. The highest BCUT2D eigenvalue weighted by atomic mass is 19.1. The van der Waals surface area contributed by atoms with Crippen molar-refractivity contribution in [1.29, 1.82) is 0 Å². The molecule has 1 aliphatic rings. The maximum Gasteiger partial charge on any atom is 0.269 e. The van der Waals surface area contributed by atoms with Gasteiger partial charge < -0.3 is 9.47 Å². The van der Waals surface area contributed by atoms with Gasteiger partial charge in [0.15, 0.2) is 0 Å². The van der Waals surface area contributed by atoms with E-state index in [1.54, 1.807) is 6.07 Å². The molecule has 0 saturated carbocycles. The van der Waals surface area contributed by atoms with Crippen molar-refractivity contribution in [2.45, 2.75) is 12.8 Å². The van der Waals surface area contributed by atoms with Crippen molar-refractivity contribution in [3.8, 4) is 11.1 Å². The Morgan fingerprint density at radius 1 is 1.09 bits per heavy atom. The maximum absolute atomic E-state index is 14.6. The van der Waals surface area contributed by atoms with Gasteiger partial charge in [-0.15, -0.1) is 0 Å². The van der Waals surface area contributed by atoms with Crippen LogP contribution in [0, 0.1) is 5.82 Å². The molecule has 3 rings (SSSR count). The molecule has 5 nitrogen and oxygen atoms in total. The van der Waals surface area contributed by atoms with E-state index in [1.165, 1.54) is 18.6 Å². The summed E-state index contributed by atoms with van der Waals surface area (Å²) >= 11 is 0. The lowest BCUT2D eigenvalue weighted by Crippen LogP contribution is -2.06. The van der Waals surface area contributed by atoms with Crippen molar-refractivity contribution in [2.24, 2.45) is 5.11 Å². The zero-order valence-electron chi connectivity index (χ0n) is 11.5. The Balaban J connectivity index is 2.08. The fourth-order valence-electron chi connectivity index (χ4n) is 2.35. The Kier molecular flexibility index (Phi) is 3.94. The maximum atomic E-state index is 14.6. The molecule has 1 heterocycles. The lowest BCUT2D eigenvalue weighted by Gasteiger charge is -2.17. The SMILES string of the molecule is [N-]=[N+]=NCc1cc(-c2ccccc2)cc(F)c1C1OC=CO1. The van der Waals surface area contributed by atoms with E-state index in [2.05, 4.69) is 10.0 Å². The molecule has 2 aromatic rings. The van der Waals surface area contributed by atoms with Gasteiger partial charge in [0.05, 0.1) is 12.1 Å². The van der Waals surface area contributed by atoms with Gasteiger partial charge >= 0.3 is 0 Å². The molecule has 0 unspecified atom stereocenters. The number of hydrogen-bond donors (Lipinski definition) is 0. The van der Waals surface area contributed by atoms with Gasteiger partial charge in [0.2, 0.25) is 0 Å². The quantitative estimate of drug-likeness (QED) is 0.461. The molecule has 0 spiro atoms. The third kappa shape index (κ3) is 2.73. The van der Waals surface area contributed by atoms with Crippen molar-refractivity contribution in [1.82, 2.24) is 0 Å². The largest absolute Gasteiger partial charge is 0.455 e. The summed E-state index contributed by atoms with van der Waals surface area (Å²) in [5, 5.41) is 3.53. The van der Waals surface area contributed by atoms with E-state index in [4.69, 9.17) is 15.0 Å². The predicted octanol–water partition coefficient (Wildman–Crippen LogP) is 4.82. The van der Waals surface area contributed by atoms with Gasteiger partial charge in [-0.1, -0.05) is 41.5 Å². The van der Waals surface area contributed by atoms with Crippen LogP contribution >= 0.6 is 0 Å². The summed E-state index contributed by atoms with van der Waals surface area (Å²) in [6.45, 7) is 0.0205. The van der Waals surface area contributed by atoms with Crippen LogP contribution in [0.5, 0.6) is 0 Å². The van der Waals surface area contributed by atoms with E-state index in [0.717, 1.165) is 5.56 Å². The van der Waals surface area contributed by atoms with Gasteiger partial charge in [-0.2, -0.15) is 0 Å². The molecule has 0 fully saturated rings. The highest BCUT2D eigenvalue weighted by Crippen LogP contribution is 2.33. The highest BCUT2D eigenvalue weighted by molar-refractivity contribution is 5.65. The van der Waals surface area contributed by atoms with E-state index in [-0.39, 0.29) is 12.1 Å². The van der Waals surface area contributed by atoms with Crippen LogP contribution in [0.3, 0.4) is 0 Å². The molecular weight excluding hydrogens is 285 g/mol. The molecule has 2 aromatic carbocycles. The van der Waals surface area contributed by atoms with Crippen LogP contribution in [-0.4, -0.2) is 0 Å². The van der Waals surface area contributed by atoms with Gasteiger partial charge in [-0.25, -0.2) is 4.39 Å². The minimum Gasteiger partial charge on any atom is -0.455 e. The molecule has 22 heavy (non-hydrogen) atoms. The van der Waals surface area contributed by atoms with Crippen molar-refractivity contribution in [2.75, 3.05) is 0 Å². The molecule has 1 aliphatic heterocycles. The number of benzene rings is 2. The molecule has 6 heteroatoms. The van der Waals surface area contributed by atoms with Crippen molar-refractivity contribution in [3.05, 3.63) is 82.4 Å². The summed E-state index contributed by atoms with van der Waals surface area (Å²) in [4.78, 5) is 2.74. The zero-order valence-corrected chi connectivity index (χ0v) is 11.5. The first-order valence-corrected chi connectivity index (χ1v) is 6.64. The van der Waals surface area contributed by atoms with Crippen LogP contribution in [0.2, 0.25) is 0 Å². The first-order chi connectivity index (χ1) is 10.8. The van der Waals surface area contributed by atoms with Crippen LogP contribution in [0.1, 0.15) is 17.4 Å². The van der Waals surface area contributed by atoms with Gasteiger partial charge in [0.25, 0.3) is 6.29 Å². The topological polar surface area (TPSA) is 67.2 Å². The Morgan fingerprint density at radius 3 is 2.50 bits per heavy atom. The van der Waals surface area contributed by atoms with Crippen LogP contribution < -0.4 is 0 Å².